The molecule has 0 amide bonds. The van der Waals surface area contributed by atoms with Crippen molar-refractivity contribution in [3.8, 4) is 0 Å². The number of ether oxygens (including phenoxy) is 1. The summed E-state index contributed by atoms with van der Waals surface area (Å²) < 4.78 is 4.53. The van der Waals surface area contributed by atoms with Crippen molar-refractivity contribution >= 4 is 11.8 Å². The molecule has 5 heteroatoms. The van der Waals surface area contributed by atoms with Gasteiger partial charge in [0.2, 0.25) is 0 Å². The van der Waals surface area contributed by atoms with E-state index in [4.69, 9.17) is 0 Å². The fourth-order valence-corrected chi connectivity index (χ4v) is 1.23. The van der Waals surface area contributed by atoms with Crippen molar-refractivity contribution in [3.05, 3.63) is 30.0 Å². The fraction of sp³-hybridized carbons (Fsp3) is 0.364. The first kappa shape index (κ1) is 12.2. The average Bonchev–Trinajstić information content (AvgIpc) is 2.27. The summed E-state index contributed by atoms with van der Waals surface area (Å²) >= 11 is 0. The predicted octanol–water partition coefficient (Wildman–Crippen LogP) is 1.28. The summed E-state index contributed by atoms with van der Waals surface area (Å²) in [4.78, 5) is 13.0. The van der Waals surface area contributed by atoms with Gasteiger partial charge in [0, 0.05) is 13.6 Å². The first-order valence-electron chi connectivity index (χ1n) is 4.82. The van der Waals surface area contributed by atoms with Crippen molar-refractivity contribution in [2.45, 2.75) is 6.92 Å². The number of nitrogens with zero attached hydrogens (tertiary/aromatic N) is 3. The highest BCUT2D eigenvalue weighted by Gasteiger charge is 2.09. The van der Waals surface area contributed by atoms with Gasteiger partial charge >= 0.3 is 5.97 Å². The van der Waals surface area contributed by atoms with E-state index in [0.29, 0.717) is 12.4 Å². The molecule has 0 atom stereocenters. The van der Waals surface area contributed by atoms with Crippen LogP contribution in [0.1, 0.15) is 17.4 Å². The number of methoxy groups -OCH3 is 1. The minimum absolute atomic E-state index is 0.204. The molecule has 0 aliphatic carbocycles. The van der Waals surface area contributed by atoms with Crippen LogP contribution in [-0.4, -0.2) is 36.9 Å². The summed E-state index contributed by atoms with van der Waals surface area (Å²) in [5.41, 5.74) is 1.23. The Hall–Kier alpha value is -1.91. The lowest BCUT2D eigenvalue weighted by atomic mass is 10.3. The molecule has 16 heavy (non-hydrogen) atoms. The summed E-state index contributed by atoms with van der Waals surface area (Å²) in [6, 6.07) is 3.31. The smallest absolute Gasteiger partial charge is 0.358 e. The van der Waals surface area contributed by atoms with Crippen LogP contribution in [0.5, 0.6) is 0 Å². The van der Waals surface area contributed by atoms with Gasteiger partial charge in [-0.25, -0.2) is 4.79 Å². The Morgan fingerprint density at radius 3 is 2.62 bits per heavy atom. The molecule has 0 saturated carbocycles. The summed E-state index contributed by atoms with van der Waals surface area (Å²) in [7, 11) is 3.20. The second kappa shape index (κ2) is 5.25. The van der Waals surface area contributed by atoms with E-state index in [0.717, 1.165) is 5.57 Å². The van der Waals surface area contributed by atoms with E-state index in [-0.39, 0.29) is 5.69 Å². The zero-order valence-electron chi connectivity index (χ0n) is 9.73. The summed E-state index contributed by atoms with van der Waals surface area (Å²) in [6.07, 6.45) is 0. The quantitative estimate of drug-likeness (QED) is 0.566. The first-order valence-corrected chi connectivity index (χ1v) is 4.82. The van der Waals surface area contributed by atoms with Crippen molar-refractivity contribution in [1.82, 2.24) is 10.2 Å². The van der Waals surface area contributed by atoms with Gasteiger partial charge < -0.3 is 9.64 Å². The van der Waals surface area contributed by atoms with Gasteiger partial charge in [-0.2, -0.15) is 0 Å². The van der Waals surface area contributed by atoms with Crippen LogP contribution in [0.3, 0.4) is 0 Å². The Kier molecular flexibility index (Phi) is 3.99. The van der Waals surface area contributed by atoms with Crippen LogP contribution in [0.15, 0.2) is 24.3 Å². The van der Waals surface area contributed by atoms with Gasteiger partial charge in [0.05, 0.1) is 7.11 Å². The van der Waals surface area contributed by atoms with Gasteiger partial charge in [0.25, 0.3) is 0 Å². The van der Waals surface area contributed by atoms with E-state index in [1.54, 1.807) is 12.1 Å². The van der Waals surface area contributed by atoms with Crippen molar-refractivity contribution in [1.29, 1.82) is 0 Å². The van der Waals surface area contributed by atoms with Crippen LogP contribution < -0.4 is 4.90 Å². The molecule has 0 bridgehead atoms. The molecule has 0 radical (unpaired) electrons. The second-order valence-electron chi connectivity index (χ2n) is 3.58. The number of carbonyl (C=O) groups is 1. The number of carbonyl (C=O) groups excluding carboxylic acids is 1. The number of likely N-dealkylation sites (N-methyl/N-ethyl adjacent to an activating group) is 1. The molecule has 5 nitrogen and oxygen atoms in total. The monoisotopic (exact) mass is 221 g/mol. The maximum absolute atomic E-state index is 11.1. The normalized spacial score (nSPS) is 9.69. The van der Waals surface area contributed by atoms with Gasteiger partial charge in [-0.1, -0.05) is 12.2 Å². The van der Waals surface area contributed by atoms with Crippen molar-refractivity contribution in [2.24, 2.45) is 0 Å². The number of esters is 1. The largest absolute Gasteiger partial charge is 0.464 e. The molecule has 1 heterocycles. The second-order valence-corrected chi connectivity index (χ2v) is 3.58. The van der Waals surface area contributed by atoms with Crippen molar-refractivity contribution in [3.63, 3.8) is 0 Å². The topological polar surface area (TPSA) is 55.3 Å². The molecule has 1 aromatic heterocycles. The highest BCUT2D eigenvalue weighted by Crippen LogP contribution is 2.09. The van der Waals surface area contributed by atoms with E-state index in [9.17, 15) is 4.79 Å². The van der Waals surface area contributed by atoms with Crippen LogP contribution in [0.25, 0.3) is 0 Å². The zero-order chi connectivity index (χ0) is 12.1. The van der Waals surface area contributed by atoms with E-state index in [2.05, 4.69) is 21.5 Å². The Labute approximate surface area is 94.7 Å². The van der Waals surface area contributed by atoms with Crippen molar-refractivity contribution in [2.75, 3.05) is 25.6 Å². The zero-order valence-corrected chi connectivity index (χ0v) is 9.73. The van der Waals surface area contributed by atoms with Gasteiger partial charge in [0.1, 0.15) is 0 Å². The highest BCUT2D eigenvalue weighted by atomic mass is 16.5. The highest BCUT2D eigenvalue weighted by molar-refractivity contribution is 5.86. The Morgan fingerprint density at radius 1 is 1.50 bits per heavy atom. The molecule has 0 fully saturated rings. The first-order chi connectivity index (χ1) is 7.54. The number of hydrogen-bond acceptors (Lipinski definition) is 5. The van der Waals surface area contributed by atoms with Gasteiger partial charge in [-0.15, -0.1) is 10.2 Å². The number of rotatable bonds is 4. The average molecular weight is 221 g/mol. The molecule has 0 spiro atoms. The van der Waals surface area contributed by atoms with E-state index < -0.39 is 5.97 Å². The lowest BCUT2D eigenvalue weighted by Crippen LogP contribution is -2.21. The SMILES string of the molecule is C=C(C)CN(C)c1ccc(C(=O)OC)nn1. The van der Waals surface area contributed by atoms with Gasteiger partial charge in [-0.3, -0.25) is 0 Å². The lowest BCUT2D eigenvalue weighted by molar-refractivity contribution is 0.0592. The molecule has 0 aromatic carbocycles. The Bertz CT molecular complexity index is 387. The molecule has 0 saturated heterocycles. The lowest BCUT2D eigenvalue weighted by Gasteiger charge is -2.17. The minimum atomic E-state index is -0.485. The van der Waals surface area contributed by atoms with Crippen LogP contribution in [0, 0.1) is 0 Å². The Balaban J connectivity index is 2.78. The van der Waals surface area contributed by atoms with E-state index in [1.807, 2.05) is 18.9 Å². The third-order valence-corrected chi connectivity index (χ3v) is 1.94. The summed E-state index contributed by atoms with van der Waals surface area (Å²) in [5.74, 6) is 0.206. The Morgan fingerprint density at radius 2 is 2.19 bits per heavy atom. The van der Waals surface area contributed by atoms with Crippen LogP contribution in [0.2, 0.25) is 0 Å². The molecule has 1 aromatic rings. The fourth-order valence-electron chi connectivity index (χ4n) is 1.23. The molecule has 0 aliphatic rings. The third-order valence-electron chi connectivity index (χ3n) is 1.94. The third kappa shape index (κ3) is 3.05. The van der Waals surface area contributed by atoms with Gasteiger partial charge in [-0.05, 0) is 19.1 Å². The summed E-state index contributed by atoms with van der Waals surface area (Å²) in [6.45, 7) is 6.45. The van der Waals surface area contributed by atoms with Crippen LogP contribution >= 0.6 is 0 Å². The summed E-state index contributed by atoms with van der Waals surface area (Å²) in [5, 5.41) is 7.72. The maximum Gasteiger partial charge on any atom is 0.358 e. The minimum Gasteiger partial charge on any atom is -0.464 e. The van der Waals surface area contributed by atoms with Crippen LogP contribution in [0.4, 0.5) is 5.82 Å². The standard InChI is InChI=1S/C11H15N3O2/c1-8(2)7-14(3)10-6-5-9(12-13-10)11(15)16-4/h5-6H,1,7H2,2-4H3. The molecule has 1 rings (SSSR count). The molecule has 0 aliphatic heterocycles. The molecule has 86 valence electrons. The predicted molar refractivity (Wildman–Crippen MR) is 61.5 cm³/mol. The molecule has 0 unspecified atom stereocenters. The van der Waals surface area contributed by atoms with Gasteiger partial charge in [0.15, 0.2) is 11.5 Å². The number of anilines is 1. The maximum atomic E-state index is 11.1. The number of aromatic nitrogens is 2. The molecular formula is C11H15N3O2. The van der Waals surface area contributed by atoms with Crippen LogP contribution in [-0.2, 0) is 4.74 Å². The van der Waals surface area contributed by atoms with Crippen molar-refractivity contribution < 1.29 is 9.53 Å². The van der Waals surface area contributed by atoms with E-state index >= 15 is 0 Å². The molecular weight excluding hydrogens is 206 g/mol. The molecule has 0 N–H and O–H groups in total. The van der Waals surface area contributed by atoms with E-state index in [1.165, 1.54) is 7.11 Å². The number of hydrogen-bond donors (Lipinski definition) is 0.